The van der Waals surface area contributed by atoms with Crippen LogP contribution >= 0.6 is 15.9 Å². The van der Waals surface area contributed by atoms with Crippen molar-refractivity contribution in [2.24, 2.45) is 0 Å². The standard InChI is InChI=1S/C11H14BrNO3/c12-10-4-8(6-14)5-13(11(10)15)9-2-1-3-16-7-9/h4-5,9,14H,1-3,6-7H2. The zero-order valence-corrected chi connectivity index (χ0v) is 10.4. The van der Waals surface area contributed by atoms with Crippen LogP contribution in [0.25, 0.3) is 0 Å². The van der Waals surface area contributed by atoms with Crippen LogP contribution < -0.4 is 5.56 Å². The molecule has 88 valence electrons. The van der Waals surface area contributed by atoms with Gasteiger partial charge in [-0.1, -0.05) is 0 Å². The number of pyridine rings is 1. The normalized spacial score (nSPS) is 21.0. The Morgan fingerprint density at radius 2 is 2.44 bits per heavy atom. The second-order valence-electron chi connectivity index (χ2n) is 3.94. The Kier molecular flexibility index (Phi) is 3.78. The molecular weight excluding hydrogens is 274 g/mol. The summed E-state index contributed by atoms with van der Waals surface area (Å²) in [5.74, 6) is 0. The van der Waals surface area contributed by atoms with E-state index in [2.05, 4.69) is 15.9 Å². The number of halogens is 1. The second-order valence-corrected chi connectivity index (χ2v) is 4.79. The fourth-order valence-corrected chi connectivity index (χ4v) is 2.42. The largest absolute Gasteiger partial charge is 0.392 e. The van der Waals surface area contributed by atoms with E-state index in [0.717, 1.165) is 25.0 Å². The van der Waals surface area contributed by atoms with Crippen LogP contribution in [0.4, 0.5) is 0 Å². The smallest absolute Gasteiger partial charge is 0.265 e. The van der Waals surface area contributed by atoms with Gasteiger partial charge in [0.25, 0.3) is 5.56 Å². The van der Waals surface area contributed by atoms with Crippen LogP contribution in [0.5, 0.6) is 0 Å². The van der Waals surface area contributed by atoms with Crippen LogP contribution in [0.3, 0.4) is 0 Å². The van der Waals surface area contributed by atoms with Gasteiger partial charge >= 0.3 is 0 Å². The molecule has 1 atom stereocenters. The number of aliphatic hydroxyl groups is 1. The van der Waals surface area contributed by atoms with Crippen molar-refractivity contribution >= 4 is 15.9 Å². The van der Waals surface area contributed by atoms with Crippen molar-refractivity contribution in [2.75, 3.05) is 13.2 Å². The van der Waals surface area contributed by atoms with Crippen LogP contribution in [0.1, 0.15) is 24.4 Å². The summed E-state index contributed by atoms with van der Waals surface area (Å²) in [7, 11) is 0. The molecule has 1 aromatic heterocycles. The van der Waals surface area contributed by atoms with E-state index in [9.17, 15) is 4.79 Å². The van der Waals surface area contributed by atoms with Gasteiger partial charge in [0.2, 0.25) is 0 Å². The quantitative estimate of drug-likeness (QED) is 0.896. The van der Waals surface area contributed by atoms with Gasteiger partial charge in [-0.15, -0.1) is 0 Å². The van der Waals surface area contributed by atoms with E-state index in [1.165, 1.54) is 0 Å². The maximum absolute atomic E-state index is 11.9. The maximum atomic E-state index is 11.9. The molecule has 0 spiro atoms. The van der Waals surface area contributed by atoms with Crippen LogP contribution in [-0.4, -0.2) is 22.9 Å². The SMILES string of the molecule is O=c1c(Br)cc(CO)cn1C1CCCOC1. The first-order chi connectivity index (χ1) is 7.72. The summed E-state index contributed by atoms with van der Waals surface area (Å²) >= 11 is 3.22. The lowest BCUT2D eigenvalue weighted by atomic mass is 10.1. The molecule has 1 N–H and O–H groups in total. The number of hydrogen-bond acceptors (Lipinski definition) is 3. The zero-order chi connectivity index (χ0) is 11.5. The molecule has 1 saturated heterocycles. The molecule has 0 saturated carbocycles. The molecule has 1 aliphatic rings. The molecular formula is C11H14BrNO3. The average Bonchev–Trinajstić information content (AvgIpc) is 2.33. The maximum Gasteiger partial charge on any atom is 0.265 e. The van der Waals surface area contributed by atoms with Gasteiger partial charge < -0.3 is 14.4 Å². The minimum absolute atomic E-state index is 0.0623. The molecule has 2 rings (SSSR count). The van der Waals surface area contributed by atoms with Crippen LogP contribution in [0, 0.1) is 0 Å². The summed E-state index contributed by atoms with van der Waals surface area (Å²) in [6.45, 7) is 1.28. The molecule has 1 aromatic rings. The van der Waals surface area contributed by atoms with Gasteiger partial charge in [-0.3, -0.25) is 4.79 Å². The van der Waals surface area contributed by atoms with Gasteiger partial charge in [-0.05, 0) is 40.4 Å². The monoisotopic (exact) mass is 287 g/mol. The van der Waals surface area contributed by atoms with Crippen LogP contribution in [-0.2, 0) is 11.3 Å². The number of nitrogens with zero attached hydrogens (tertiary/aromatic N) is 1. The highest BCUT2D eigenvalue weighted by Crippen LogP contribution is 2.19. The summed E-state index contributed by atoms with van der Waals surface area (Å²) in [5, 5.41) is 9.11. The Morgan fingerprint density at radius 3 is 3.06 bits per heavy atom. The summed E-state index contributed by atoms with van der Waals surface area (Å²) < 4.78 is 7.52. The van der Waals surface area contributed by atoms with Crippen molar-refractivity contribution in [1.29, 1.82) is 0 Å². The Morgan fingerprint density at radius 1 is 1.62 bits per heavy atom. The van der Waals surface area contributed by atoms with Crippen molar-refractivity contribution in [1.82, 2.24) is 4.57 Å². The van der Waals surface area contributed by atoms with Crippen LogP contribution in [0.2, 0.25) is 0 Å². The third-order valence-corrected chi connectivity index (χ3v) is 3.34. The summed E-state index contributed by atoms with van der Waals surface area (Å²) in [6, 6.07) is 1.74. The van der Waals surface area contributed by atoms with Gasteiger partial charge in [0.1, 0.15) is 0 Å². The van der Waals surface area contributed by atoms with E-state index in [4.69, 9.17) is 9.84 Å². The lowest BCUT2D eigenvalue weighted by Gasteiger charge is -2.24. The molecule has 0 amide bonds. The number of hydrogen-bond donors (Lipinski definition) is 1. The fourth-order valence-electron chi connectivity index (χ4n) is 1.92. The highest BCUT2D eigenvalue weighted by Gasteiger charge is 2.18. The molecule has 4 nitrogen and oxygen atoms in total. The number of rotatable bonds is 2. The third-order valence-electron chi connectivity index (χ3n) is 2.77. The number of aliphatic hydroxyl groups excluding tert-OH is 1. The Bertz CT molecular complexity index is 424. The fraction of sp³-hybridized carbons (Fsp3) is 0.545. The van der Waals surface area contributed by atoms with Gasteiger partial charge in [-0.25, -0.2) is 0 Å². The summed E-state index contributed by atoms with van der Waals surface area (Å²) in [4.78, 5) is 11.9. The first-order valence-electron chi connectivity index (χ1n) is 5.31. The van der Waals surface area contributed by atoms with Gasteiger partial charge in [0.15, 0.2) is 0 Å². The predicted octanol–water partition coefficient (Wildman–Crippen LogP) is 1.45. The minimum Gasteiger partial charge on any atom is -0.392 e. The number of ether oxygens (including phenoxy) is 1. The predicted molar refractivity (Wildman–Crippen MR) is 63.4 cm³/mol. The lowest BCUT2D eigenvalue weighted by Crippen LogP contribution is -2.30. The van der Waals surface area contributed by atoms with Gasteiger partial charge in [-0.2, -0.15) is 0 Å². The van der Waals surface area contributed by atoms with E-state index >= 15 is 0 Å². The summed E-state index contributed by atoms with van der Waals surface area (Å²) in [5.41, 5.74) is 0.671. The Labute approximate surface area is 102 Å². The molecule has 1 fully saturated rings. The molecule has 2 heterocycles. The van der Waals surface area contributed by atoms with Crippen molar-refractivity contribution in [2.45, 2.75) is 25.5 Å². The summed E-state index contributed by atoms with van der Waals surface area (Å²) in [6.07, 6.45) is 3.63. The first kappa shape index (κ1) is 11.8. The zero-order valence-electron chi connectivity index (χ0n) is 8.86. The number of aromatic nitrogens is 1. The lowest BCUT2D eigenvalue weighted by molar-refractivity contribution is 0.0577. The second kappa shape index (κ2) is 5.12. The van der Waals surface area contributed by atoms with Crippen molar-refractivity contribution in [3.05, 3.63) is 32.7 Å². The molecule has 16 heavy (non-hydrogen) atoms. The van der Waals surface area contributed by atoms with Gasteiger partial charge in [0, 0.05) is 12.8 Å². The van der Waals surface area contributed by atoms with E-state index in [1.54, 1.807) is 16.8 Å². The highest BCUT2D eigenvalue weighted by molar-refractivity contribution is 9.10. The third kappa shape index (κ3) is 2.36. The van der Waals surface area contributed by atoms with Crippen molar-refractivity contribution < 1.29 is 9.84 Å². The van der Waals surface area contributed by atoms with Gasteiger partial charge in [0.05, 0.1) is 23.7 Å². The topological polar surface area (TPSA) is 51.5 Å². The Balaban J connectivity index is 2.37. The van der Waals surface area contributed by atoms with E-state index < -0.39 is 0 Å². The van der Waals surface area contributed by atoms with Crippen molar-refractivity contribution in [3.8, 4) is 0 Å². The van der Waals surface area contributed by atoms with E-state index in [0.29, 0.717) is 11.1 Å². The molecule has 0 radical (unpaired) electrons. The molecule has 0 bridgehead atoms. The molecule has 0 aliphatic carbocycles. The molecule has 1 aliphatic heterocycles. The molecule has 0 aromatic carbocycles. The molecule has 1 unspecified atom stereocenters. The van der Waals surface area contributed by atoms with Crippen molar-refractivity contribution in [3.63, 3.8) is 0 Å². The Hall–Kier alpha value is -0.650. The van der Waals surface area contributed by atoms with E-state index in [-0.39, 0.29) is 18.2 Å². The average molecular weight is 288 g/mol. The first-order valence-corrected chi connectivity index (χ1v) is 6.11. The molecule has 5 heteroatoms. The highest BCUT2D eigenvalue weighted by atomic mass is 79.9. The van der Waals surface area contributed by atoms with Crippen LogP contribution in [0.15, 0.2) is 21.5 Å². The minimum atomic E-state index is -0.0630. The van der Waals surface area contributed by atoms with E-state index in [1.807, 2.05) is 0 Å².